The van der Waals surface area contributed by atoms with Gasteiger partial charge >= 0.3 is 11.8 Å². The molecule has 80 valence electrons. The monoisotopic (exact) mass is 270 g/mol. The van der Waals surface area contributed by atoms with Gasteiger partial charge in [0.25, 0.3) is 0 Å². The van der Waals surface area contributed by atoms with Crippen LogP contribution in [0.15, 0.2) is 22.7 Å². The van der Waals surface area contributed by atoms with Crippen LogP contribution < -0.4 is 11.1 Å². The zero-order valence-electron chi connectivity index (χ0n) is 8.21. The molecule has 1 aromatic carbocycles. The summed E-state index contributed by atoms with van der Waals surface area (Å²) >= 11 is 3.33. The molecule has 0 unspecified atom stereocenters. The minimum atomic E-state index is -0.970. The topological polar surface area (TPSA) is 72.2 Å². The number of amides is 2. The lowest BCUT2D eigenvalue weighted by Crippen LogP contribution is -2.35. The summed E-state index contributed by atoms with van der Waals surface area (Å²) in [5.41, 5.74) is 6.80. The van der Waals surface area contributed by atoms with Crippen LogP contribution in [0.25, 0.3) is 0 Å². The highest BCUT2D eigenvalue weighted by Gasteiger charge is 2.08. The van der Waals surface area contributed by atoms with Crippen LogP contribution in [-0.2, 0) is 16.1 Å². The molecule has 0 aromatic heterocycles. The number of halogens is 1. The van der Waals surface area contributed by atoms with E-state index in [9.17, 15) is 9.59 Å². The molecule has 15 heavy (non-hydrogen) atoms. The van der Waals surface area contributed by atoms with Gasteiger partial charge in [-0.25, -0.2) is 0 Å². The summed E-state index contributed by atoms with van der Waals surface area (Å²) < 4.78 is 0.927. The molecule has 0 aliphatic carbocycles. The molecule has 2 amide bonds. The van der Waals surface area contributed by atoms with Crippen LogP contribution >= 0.6 is 15.9 Å². The number of benzene rings is 1. The Hall–Kier alpha value is -1.36. The molecule has 0 bridgehead atoms. The van der Waals surface area contributed by atoms with E-state index in [1.165, 1.54) is 0 Å². The summed E-state index contributed by atoms with van der Waals surface area (Å²) in [7, 11) is 0. The second-order valence-electron chi connectivity index (χ2n) is 3.12. The second kappa shape index (κ2) is 4.93. The smallest absolute Gasteiger partial charge is 0.309 e. The average Bonchev–Trinajstić information content (AvgIpc) is 2.18. The first-order valence-electron chi connectivity index (χ1n) is 4.33. The van der Waals surface area contributed by atoms with E-state index in [-0.39, 0.29) is 0 Å². The maximum absolute atomic E-state index is 10.9. The third-order valence-electron chi connectivity index (χ3n) is 1.97. The van der Waals surface area contributed by atoms with Gasteiger partial charge in [0, 0.05) is 11.0 Å². The second-order valence-corrected chi connectivity index (χ2v) is 4.03. The largest absolute Gasteiger partial charge is 0.361 e. The number of hydrogen-bond acceptors (Lipinski definition) is 2. The summed E-state index contributed by atoms with van der Waals surface area (Å²) in [5.74, 6) is -1.74. The molecule has 0 fully saturated rings. The van der Waals surface area contributed by atoms with Gasteiger partial charge in [0.1, 0.15) is 0 Å². The summed E-state index contributed by atoms with van der Waals surface area (Å²) in [4.78, 5) is 21.4. The SMILES string of the molecule is Cc1ccc(Br)cc1CNC(=O)C(N)=O. The first-order chi connectivity index (χ1) is 7.00. The molecule has 4 nitrogen and oxygen atoms in total. The van der Waals surface area contributed by atoms with E-state index >= 15 is 0 Å². The molecule has 0 heterocycles. The molecule has 0 atom stereocenters. The third-order valence-corrected chi connectivity index (χ3v) is 2.47. The Labute approximate surface area is 96.0 Å². The van der Waals surface area contributed by atoms with Crippen LogP contribution in [0, 0.1) is 6.92 Å². The van der Waals surface area contributed by atoms with Crippen LogP contribution in [0.5, 0.6) is 0 Å². The van der Waals surface area contributed by atoms with Crippen LogP contribution in [0.4, 0.5) is 0 Å². The number of primary amides is 1. The van der Waals surface area contributed by atoms with Gasteiger partial charge in [0.05, 0.1) is 0 Å². The Bertz CT molecular complexity index is 404. The Morgan fingerprint density at radius 2 is 2.13 bits per heavy atom. The predicted molar refractivity (Wildman–Crippen MR) is 59.9 cm³/mol. The van der Waals surface area contributed by atoms with Crippen LogP contribution in [-0.4, -0.2) is 11.8 Å². The van der Waals surface area contributed by atoms with Crippen molar-refractivity contribution in [1.29, 1.82) is 0 Å². The van der Waals surface area contributed by atoms with Crippen molar-refractivity contribution in [3.63, 3.8) is 0 Å². The van der Waals surface area contributed by atoms with E-state index in [2.05, 4.69) is 21.2 Å². The van der Waals surface area contributed by atoms with Crippen LogP contribution in [0.3, 0.4) is 0 Å². The molecule has 0 radical (unpaired) electrons. The Kier molecular flexibility index (Phi) is 3.85. The number of nitrogens with one attached hydrogen (secondary N) is 1. The van der Waals surface area contributed by atoms with Crippen molar-refractivity contribution >= 4 is 27.7 Å². The first-order valence-corrected chi connectivity index (χ1v) is 5.12. The highest BCUT2D eigenvalue weighted by Crippen LogP contribution is 2.15. The zero-order valence-corrected chi connectivity index (χ0v) is 9.80. The molecule has 1 rings (SSSR count). The van der Waals surface area contributed by atoms with Crippen molar-refractivity contribution in [3.05, 3.63) is 33.8 Å². The minimum Gasteiger partial charge on any atom is -0.361 e. The highest BCUT2D eigenvalue weighted by molar-refractivity contribution is 9.10. The van der Waals surface area contributed by atoms with Gasteiger partial charge in [-0.3, -0.25) is 9.59 Å². The first kappa shape index (κ1) is 11.7. The van der Waals surface area contributed by atoms with Crippen molar-refractivity contribution in [3.8, 4) is 0 Å². The van der Waals surface area contributed by atoms with E-state index in [1.807, 2.05) is 25.1 Å². The number of nitrogens with two attached hydrogens (primary N) is 1. The number of aryl methyl sites for hydroxylation is 1. The van der Waals surface area contributed by atoms with Gasteiger partial charge in [-0.1, -0.05) is 22.0 Å². The molecular formula is C10H11BrN2O2. The molecule has 5 heteroatoms. The predicted octanol–water partition coefficient (Wildman–Crippen LogP) is 0.859. The molecule has 3 N–H and O–H groups in total. The standard InChI is InChI=1S/C10H11BrN2O2/c1-6-2-3-8(11)4-7(6)5-13-10(15)9(12)14/h2-4H,5H2,1H3,(H2,12,14)(H,13,15). The van der Waals surface area contributed by atoms with Gasteiger partial charge in [-0.15, -0.1) is 0 Å². The number of carbonyl (C=O) groups excluding carboxylic acids is 2. The van der Waals surface area contributed by atoms with Crippen molar-refractivity contribution in [2.24, 2.45) is 5.73 Å². The van der Waals surface area contributed by atoms with Crippen molar-refractivity contribution in [2.45, 2.75) is 13.5 Å². The molecule has 0 aliphatic heterocycles. The van der Waals surface area contributed by atoms with Crippen molar-refractivity contribution in [1.82, 2.24) is 5.32 Å². The highest BCUT2D eigenvalue weighted by atomic mass is 79.9. The molecule has 0 aliphatic rings. The van der Waals surface area contributed by atoms with Gasteiger partial charge in [-0.05, 0) is 30.2 Å². The normalized spacial score (nSPS) is 9.73. The maximum atomic E-state index is 10.9. The maximum Gasteiger partial charge on any atom is 0.309 e. The number of hydrogen-bond donors (Lipinski definition) is 2. The van der Waals surface area contributed by atoms with Crippen molar-refractivity contribution < 1.29 is 9.59 Å². The van der Waals surface area contributed by atoms with E-state index in [0.29, 0.717) is 6.54 Å². The summed E-state index contributed by atoms with van der Waals surface area (Å²) in [6.07, 6.45) is 0. The van der Waals surface area contributed by atoms with Crippen LogP contribution in [0.2, 0.25) is 0 Å². The average molecular weight is 271 g/mol. The lowest BCUT2D eigenvalue weighted by Gasteiger charge is -2.06. The van der Waals surface area contributed by atoms with Crippen LogP contribution in [0.1, 0.15) is 11.1 Å². The molecule has 0 saturated carbocycles. The third kappa shape index (κ3) is 3.36. The lowest BCUT2D eigenvalue weighted by molar-refractivity contribution is -0.137. The number of rotatable bonds is 2. The fourth-order valence-corrected chi connectivity index (χ4v) is 1.50. The van der Waals surface area contributed by atoms with E-state index in [4.69, 9.17) is 5.73 Å². The molecule has 0 saturated heterocycles. The summed E-state index contributed by atoms with van der Waals surface area (Å²) in [6.45, 7) is 2.23. The fourth-order valence-electron chi connectivity index (χ4n) is 1.09. The van der Waals surface area contributed by atoms with Gasteiger partial charge in [0.2, 0.25) is 0 Å². The lowest BCUT2D eigenvalue weighted by atomic mass is 10.1. The zero-order chi connectivity index (χ0) is 11.4. The minimum absolute atomic E-state index is 0.299. The Morgan fingerprint density at radius 3 is 2.73 bits per heavy atom. The molecule has 1 aromatic rings. The Balaban J connectivity index is 2.69. The van der Waals surface area contributed by atoms with Gasteiger partial charge in [-0.2, -0.15) is 0 Å². The van der Waals surface area contributed by atoms with Gasteiger partial charge < -0.3 is 11.1 Å². The van der Waals surface area contributed by atoms with E-state index in [0.717, 1.165) is 15.6 Å². The summed E-state index contributed by atoms with van der Waals surface area (Å²) in [6, 6.07) is 5.72. The Morgan fingerprint density at radius 1 is 1.47 bits per heavy atom. The molecular weight excluding hydrogens is 260 g/mol. The number of carbonyl (C=O) groups is 2. The quantitative estimate of drug-likeness (QED) is 0.783. The van der Waals surface area contributed by atoms with Crippen molar-refractivity contribution in [2.75, 3.05) is 0 Å². The van der Waals surface area contributed by atoms with E-state index < -0.39 is 11.8 Å². The van der Waals surface area contributed by atoms with E-state index in [1.54, 1.807) is 0 Å². The molecule has 0 spiro atoms. The summed E-state index contributed by atoms with van der Waals surface area (Å²) in [5, 5.41) is 2.43. The fraction of sp³-hybridized carbons (Fsp3) is 0.200. The van der Waals surface area contributed by atoms with Gasteiger partial charge in [0.15, 0.2) is 0 Å².